The zero-order chi connectivity index (χ0) is 25.7. The van der Waals surface area contributed by atoms with Crippen molar-refractivity contribution in [3.05, 3.63) is 76.8 Å². The summed E-state index contributed by atoms with van der Waals surface area (Å²) in [5.74, 6) is -0.128. The number of methoxy groups -OCH3 is 1. The Hall–Kier alpha value is -3.75. The van der Waals surface area contributed by atoms with E-state index in [1.807, 2.05) is 0 Å². The number of carbonyl (C=O) groups is 3. The van der Waals surface area contributed by atoms with Crippen molar-refractivity contribution in [2.45, 2.75) is 6.42 Å². The normalized spacial score (nSPS) is 14.9. The van der Waals surface area contributed by atoms with E-state index in [2.05, 4.69) is 5.32 Å². The molecule has 3 aromatic rings. The Bertz CT molecular complexity index is 1260. The lowest BCUT2D eigenvalue weighted by Crippen LogP contribution is -2.28. The number of carbonyl (C=O) groups excluding carboxylic acids is 3. The maximum absolute atomic E-state index is 12.5. The average molecular weight is 529 g/mol. The van der Waals surface area contributed by atoms with Gasteiger partial charge in [0.05, 0.1) is 28.8 Å². The highest BCUT2D eigenvalue weighted by atomic mass is 35.5. The first-order chi connectivity index (χ1) is 17.3. The Morgan fingerprint density at radius 1 is 0.972 bits per heavy atom. The van der Waals surface area contributed by atoms with Crippen LogP contribution in [0.25, 0.3) is 0 Å². The summed E-state index contributed by atoms with van der Waals surface area (Å²) in [6.07, 6.45) is -0.00925. The SMILES string of the molecule is COc1ccc(Oc2ccc(N3C[C@@H](C(=O)OCC(=O)Nc4cccc(Cl)c4Cl)CC3=O)cc2)cc1. The molecule has 1 heterocycles. The minimum absolute atomic E-state index is 0.00925. The predicted molar refractivity (Wildman–Crippen MR) is 136 cm³/mol. The average Bonchev–Trinajstić information content (AvgIpc) is 3.28. The molecule has 0 aliphatic carbocycles. The van der Waals surface area contributed by atoms with Crippen molar-refractivity contribution >= 4 is 52.4 Å². The molecule has 1 fully saturated rings. The molecule has 0 aromatic heterocycles. The molecule has 1 aliphatic rings. The number of amides is 2. The van der Waals surface area contributed by atoms with Gasteiger partial charge < -0.3 is 24.4 Å². The van der Waals surface area contributed by atoms with Crippen molar-refractivity contribution in [3.63, 3.8) is 0 Å². The molecule has 186 valence electrons. The summed E-state index contributed by atoms with van der Waals surface area (Å²) in [5, 5.41) is 3.02. The first-order valence-corrected chi connectivity index (χ1v) is 11.7. The van der Waals surface area contributed by atoms with Gasteiger partial charge in [0.1, 0.15) is 17.2 Å². The number of esters is 1. The monoisotopic (exact) mass is 528 g/mol. The second kappa shape index (κ2) is 11.3. The molecule has 1 atom stereocenters. The minimum atomic E-state index is -0.685. The molecule has 0 radical (unpaired) electrons. The quantitative estimate of drug-likeness (QED) is 0.397. The summed E-state index contributed by atoms with van der Waals surface area (Å²) in [4.78, 5) is 38.7. The van der Waals surface area contributed by atoms with Crippen LogP contribution in [0.5, 0.6) is 17.2 Å². The van der Waals surface area contributed by atoms with E-state index >= 15 is 0 Å². The number of halogens is 2. The fourth-order valence-corrected chi connectivity index (χ4v) is 3.98. The lowest BCUT2D eigenvalue weighted by atomic mass is 10.1. The number of anilines is 2. The van der Waals surface area contributed by atoms with E-state index in [1.165, 1.54) is 4.90 Å². The van der Waals surface area contributed by atoms with Gasteiger partial charge >= 0.3 is 5.97 Å². The minimum Gasteiger partial charge on any atom is -0.497 e. The van der Waals surface area contributed by atoms with Crippen LogP contribution < -0.4 is 19.7 Å². The standard InChI is InChI=1S/C26H22Cl2N2O6/c1-34-18-9-11-20(12-10-18)36-19-7-5-17(6-8-19)30-14-16(13-24(30)32)26(33)35-15-23(31)29-22-4-2-3-21(27)25(22)28/h2-12,16H,13-15H2,1H3,(H,29,31)/t16-/m0/s1. The van der Waals surface area contributed by atoms with E-state index in [-0.39, 0.29) is 28.9 Å². The third-order valence-corrected chi connectivity index (χ3v) is 6.29. The van der Waals surface area contributed by atoms with Crippen LogP contribution >= 0.6 is 23.2 Å². The fourth-order valence-electron chi connectivity index (χ4n) is 3.63. The zero-order valence-corrected chi connectivity index (χ0v) is 20.7. The molecule has 3 aromatic carbocycles. The molecule has 0 unspecified atom stereocenters. The molecule has 0 bridgehead atoms. The number of benzene rings is 3. The predicted octanol–water partition coefficient (Wildman–Crippen LogP) is 5.33. The summed E-state index contributed by atoms with van der Waals surface area (Å²) in [5.41, 5.74) is 0.942. The number of ether oxygens (including phenoxy) is 3. The molecule has 1 N–H and O–H groups in total. The van der Waals surface area contributed by atoms with Crippen LogP contribution in [0, 0.1) is 5.92 Å². The summed E-state index contributed by atoms with van der Waals surface area (Å²) in [7, 11) is 1.59. The van der Waals surface area contributed by atoms with Gasteiger partial charge in [-0.05, 0) is 60.7 Å². The summed E-state index contributed by atoms with van der Waals surface area (Å²) >= 11 is 12.0. The zero-order valence-electron chi connectivity index (χ0n) is 19.2. The highest BCUT2D eigenvalue weighted by molar-refractivity contribution is 6.44. The summed E-state index contributed by atoms with van der Waals surface area (Å²) in [6.45, 7) is -0.359. The van der Waals surface area contributed by atoms with Gasteiger partial charge in [-0.3, -0.25) is 14.4 Å². The highest BCUT2D eigenvalue weighted by Gasteiger charge is 2.36. The molecule has 10 heteroatoms. The Balaban J connectivity index is 1.29. The maximum Gasteiger partial charge on any atom is 0.311 e. The van der Waals surface area contributed by atoms with Gasteiger partial charge in [-0.2, -0.15) is 0 Å². The second-order valence-corrected chi connectivity index (χ2v) is 8.72. The lowest BCUT2D eigenvalue weighted by molar-refractivity contribution is -0.151. The van der Waals surface area contributed by atoms with Crippen molar-refractivity contribution in [1.82, 2.24) is 0 Å². The van der Waals surface area contributed by atoms with E-state index in [4.69, 9.17) is 37.4 Å². The van der Waals surface area contributed by atoms with Crippen LogP contribution in [-0.4, -0.2) is 38.0 Å². The molecule has 8 nitrogen and oxygen atoms in total. The van der Waals surface area contributed by atoms with Crippen LogP contribution in [0.4, 0.5) is 11.4 Å². The number of hydrogen-bond donors (Lipinski definition) is 1. The van der Waals surface area contributed by atoms with Gasteiger partial charge in [-0.15, -0.1) is 0 Å². The molecule has 1 saturated heterocycles. The molecule has 0 saturated carbocycles. The van der Waals surface area contributed by atoms with Gasteiger partial charge in [0.25, 0.3) is 5.91 Å². The van der Waals surface area contributed by atoms with E-state index < -0.39 is 24.4 Å². The number of nitrogens with one attached hydrogen (secondary N) is 1. The topological polar surface area (TPSA) is 94.2 Å². The molecular formula is C26H22Cl2N2O6. The van der Waals surface area contributed by atoms with E-state index in [1.54, 1.807) is 73.8 Å². The molecule has 36 heavy (non-hydrogen) atoms. The third-order valence-electron chi connectivity index (χ3n) is 5.47. The highest BCUT2D eigenvalue weighted by Crippen LogP contribution is 2.31. The van der Waals surface area contributed by atoms with E-state index in [0.29, 0.717) is 22.9 Å². The number of nitrogens with zero attached hydrogens (tertiary/aromatic N) is 1. The summed E-state index contributed by atoms with van der Waals surface area (Å²) < 4.78 is 16.1. The second-order valence-electron chi connectivity index (χ2n) is 7.93. The maximum atomic E-state index is 12.5. The van der Waals surface area contributed by atoms with E-state index in [9.17, 15) is 14.4 Å². The van der Waals surface area contributed by atoms with Crippen molar-refractivity contribution in [2.75, 3.05) is 30.5 Å². The van der Waals surface area contributed by atoms with Gasteiger partial charge in [-0.1, -0.05) is 29.3 Å². The van der Waals surface area contributed by atoms with Crippen molar-refractivity contribution in [1.29, 1.82) is 0 Å². The van der Waals surface area contributed by atoms with Crippen molar-refractivity contribution < 1.29 is 28.6 Å². The van der Waals surface area contributed by atoms with Gasteiger partial charge in [0.15, 0.2) is 6.61 Å². The Morgan fingerprint density at radius 2 is 1.61 bits per heavy atom. The van der Waals surface area contributed by atoms with Crippen molar-refractivity contribution in [3.8, 4) is 17.2 Å². The Kier molecular flexibility index (Phi) is 7.97. The van der Waals surface area contributed by atoms with Crippen LogP contribution in [-0.2, 0) is 19.1 Å². The first-order valence-electron chi connectivity index (χ1n) is 11.0. The van der Waals surface area contributed by atoms with Gasteiger partial charge in [0.2, 0.25) is 5.91 Å². The largest absolute Gasteiger partial charge is 0.497 e. The molecule has 1 aliphatic heterocycles. The van der Waals surface area contributed by atoms with E-state index in [0.717, 1.165) is 5.75 Å². The fraction of sp³-hybridized carbons (Fsp3) is 0.192. The van der Waals surface area contributed by atoms with Crippen molar-refractivity contribution in [2.24, 2.45) is 5.92 Å². The van der Waals surface area contributed by atoms with Gasteiger partial charge in [-0.25, -0.2) is 0 Å². The van der Waals surface area contributed by atoms with Crippen LogP contribution in [0.3, 0.4) is 0 Å². The summed E-state index contributed by atoms with van der Waals surface area (Å²) in [6, 6.07) is 18.9. The van der Waals surface area contributed by atoms with Crippen LogP contribution in [0.15, 0.2) is 66.7 Å². The molecule has 4 rings (SSSR count). The molecule has 2 amide bonds. The molecular weight excluding hydrogens is 507 g/mol. The number of hydrogen-bond acceptors (Lipinski definition) is 6. The van der Waals surface area contributed by atoms with Crippen LogP contribution in [0.2, 0.25) is 10.0 Å². The van der Waals surface area contributed by atoms with Crippen LogP contribution in [0.1, 0.15) is 6.42 Å². The van der Waals surface area contributed by atoms with Gasteiger partial charge in [0, 0.05) is 18.7 Å². The molecule has 0 spiro atoms. The lowest BCUT2D eigenvalue weighted by Gasteiger charge is -2.17. The first kappa shape index (κ1) is 25.3. The Morgan fingerprint density at radius 3 is 2.28 bits per heavy atom. The Labute approximate surface area is 217 Å². The number of rotatable bonds is 8. The third kappa shape index (κ3) is 6.08. The smallest absolute Gasteiger partial charge is 0.311 e.